The molecule has 0 unspecified atom stereocenters. The molecule has 3 aromatic rings. The Morgan fingerprint density at radius 3 is 1.52 bits per heavy atom. The van der Waals surface area contributed by atoms with E-state index >= 15 is 0 Å². The van der Waals surface area contributed by atoms with Gasteiger partial charge in [-0.1, -0.05) is 24.3 Å². The second-order valence-corrected chi connectivity index (χ2v) is 4.81. The van der Waals surface area contributed by atoms with Crippen LogP contribution in [0.4, 0.5) is 17.6 Å². The summed E-state index contributed by atoms with van der Waals surface area (Å²) >= 11 is 0. The number of pyridine rings is 1. The molecule has 0 saturated heterocycles. The van der Waals surface area contributed by atoms with Gasteiger partial charge in [0.15, 0.2) is 28.7 Å². The summed E-state index contributed by atoms with van der Waals surface area (Å²) in [5.74, 6) is -4.58. The van der Waals surface area contributed by atoms with Crippen LogP contribution in [0.3, 0.4) is 0 Å². The lowest BCUT2D eigenvalue weighted by Crippen LogP contribution is -2.11. The second-order valence-electron chi connectivity index (χ2n) is 4.81. The van der Waals surface area contributed by atoms with Crippen LogP contribution in [0.2, 0.25) is 0 Å². The maximum atomic E-state index is 13.9. The summed E-state index contributed by atoms with van der Waals surface area (Å²) < 4.78 is 54.4. The molecule has 2 aromatic carbocycles. The molecule has 2 nitrogen and oxygen atoms in total. The lowest BCUT2D eigenvalue weighted by atomic mass is 10.0. The molecule has 0 radical (unpaired) electrons. The molecule has 116 valence electrons. The topological polar surface area (TPSA) is 32.9 Å². The van der Waals surface area contributed by atoms with Gasteiger partial charge in [-0.3, -0.25) is 4.79 Å². The van der Waals surface area contributed by atoms with E-state index in [4.69, 9.17) is 0 Å². The highest BCUT2D eigenvalue weighted by atomic mass is 19.2. The van der Waals surface area contributed by atoms with Gasteiger partial charge in [-0.25, -0.2) is 17.6 Å². The van der Waals surface area contributed by atoms with Crippen molar-refractivity contribution >= 4 is 0 Å². The largest absolute Gasteiger partial charge is 0.366 e. The Morgan fingerprint density at radius 2 is 1.09 bits per heavy atom. The molecule has 0 atom stereocenters. The first-order valence-electron chi connectivity index (χ1n) is 6.60. The Balaban J connectivity index is 2.26. The van der Waals surface area contributed by atoms with Crippen LogP contribution < -0.4 is 5.43 Å². The molecule has 0 amide bonds. The highest BCUT2D eigenvalue weighted by molar-refractivity contribution is 5.72. The fourth-order valence-corrected chi connectivity index (χ4v) is 2.31. The van der Waals surface area contributed by atoms with Crippen LogP contribution in [0, 0.1) is 23.3 Å². The first-order valence-corrected chi connectivity index (χ1v) is 6.60. The molecule has 23 heavy (non-hydrogen) atoms. The number of rotatable bonds is 2. The van der Waals surface area contributed by atoms with E-state index in [1.807, 2.05) is 0 Å². The lowest BCUT2D eigenvalue weighted by Gasteiger charge is -2.07. The van der Waals surface area contributed by atoms with Gasteiger partial charge in [-0.2, -0.15) is 0 Å². The van der Waals surface area contributed by atoms with Crippen molar-refractivity contribution in [3.63, 3.8) is 0 Å². The third-order valence-electron chi connectivity index (χ3n) is 3.43. The molecule has 0 fully saturated rings. The van der Waals surface area contributed by atoms with Gasteiger partial charge in [-0.15, -0.1) is 0 Å². The van der Waals surface area contributed by atoms with E-state index in [0.29, 0.717) is 0 Å². The number of benzene rings is 2. The van der Waals surface area contributed by atoms with Gasteiger partial charge in [0, 0.05) is 34.6 Å². The molecule has 0 aliphatic carbocycles. The van der Waals surface area contributed by atoms with E-state index in [-0.39, 0.29) is 22.3 Å². The average Bonchev–Trinajstić information content (AvgIpc) is 2.54. The number of aromatic amines is 1. The lowest BCUT2D eigenvalue weighted by molar-refractivity contribution is 0.510. The van der Waals surface area contributed by atoms with Crippen molar-refractivity contribution < 1.29 is 17.6 Å². The van der Waals surface area contributed by atoms with Crippen LogP contribution in [0.15, 0.2) is 53.6 Å². The molecule has 1 heterocycles. The van der Waals surface area contributed by atoms with Crippen LogP contribution in [0.25, 0.3) is 22.3 Å². The normalized spacial score (nSPS) is 10.8. The van der Waals surface area contributed by atoms with Crippen molar-refractivity contribution in [2.24, 2.45) is 0 Å². The Kier molecular flexibility index (Phi) is 3.73. The number of nitrogens with one attached hydrogen (secondary N) is 1. The summed E-state index contributed by atoms with van der Waals surface area (Å²) in [6, 6.07) is 6.81. The van der Waals surface area contributed by atoms with Gasteiger partial charge in [0.2, 0.25) is 0 Å². The number of hydrogen-bond donors (Lipinski definition) is 1. The number of hydrogen-bond acceptors (Lipinski definition) is 1. The average molecular weight is 319 g/mol. The van der Waals surface area contributed by atoms with E-state index in [0.717, 1.165) is 12.1 Å². The quantitative estimate of drug-likeness (QED) is 0.703. The number of H-pyrrole nitrogens is 1. The van der Waals surface area contributed by atoms with Gasteiger partial charge in [0.05, 0.1) is 0 Å². The van der Waals surface area contributed by atoms with E-state index < -0.39 is 28.7 Å². The Labute approximate surface area is 128 Å². The minimum atomic E-state index is -1.19. The van der Waals surface area contributed by atoms with Gasteiger partial charge < -0.3 is 4.98 Å². The zero-order chi connectivity index (χ0) is 16.6. The third kappa shape index (κ3) is 2.52. The van der Waals surface area contributed by atoms with Gasteiger partial charge in [0.25, 0.3) is 0 Å². The fourth-order valence-electron chi connectivity index (χ4n) is 2.31. The standard InChI is InChI=1S/C17H9F4NO/c18-13-5-1-3-9(15(13)20)11-7-22-8-12(17(11)23)10-4-2-6-14(19)16(10)21/h1-8H,(H,22,23). The van der Waals surface area contributed by atoms with Crippen molar-refractivity contribution in [3.8, 4) is 22.3 Å². The smallest absolute Gasteiger partial charge is 0.197 e. The third-order valence-corrected chi connectivity index (χ3v) is 3.43. The minimum absolute atomic E-state index is 0.178. The maximum absolute atomic E-state index is 13.9. The molecule has 0 aliphatic rings. The predicted molar refractivity (Wildman–Crippen MR) is 77.8 cm³/mol. The van der Waals surface area contributed by atoms with Crippen molar-refractivity contribution in [2.45, 2.75) is 0 Å². The fraction of sp³-hybridized carbons (Fsp3) is 0. The SMILES string of the molecule is O=c1c(-c2cccc(F)c2F)c[nH]cc1-c1cccc(F)c1F. The highest BCUT2D eigenvalue weighted by Gasteiger charge is 2.18. The van der Waals surface area contributed by atoms with Crippen LogP contribution >= 0.6 is 0 Å². The first kappa shape index (κ1) is 15.0. The molecule has 1 N–H and O–H groups in total. The van der Waals surface area contributed by atoms with Crippen molar-refractivity contribution in [3.05, 3.63) is 82.3 Å². The van der Waals surface area contributed by atoms with E-state index in [1.165, 1.54) is 36.7 Å². The molecule has 0 aliphatic heterocycles. The van der Waals surface area contributed by atoms with Crippen molar-refractivity contribution in [1.29, 1.82) is 0 Å². The van der Waals surface area contributed by atoms with E-state index in [9.17, 15) is 22.4 Å². The van der Waals surface area contributed by atoms with Gasteiger partial charge in [0.1, 0.15) is 0 Å². The van der Waals surface area contributed by atoms with Crippen LogP contribution in [-0.2, 0) is 0 Å². The van der Waals surface area contributed by atoms with E-state index in [1.54, 1.807) is 0 Å². The number of halogens is 4. The Hall–Kier alpha value is -2.89. The van der Waals surface area contributed by atoms with Crippen LogP contribution in [0.5, 0.6) is 0 Å². The van der Waals surface area contributed by atoms with Crippen molar-refractivity contribution in [1.82, 2.24) is 4.98 Å². The predicted octanol–water partition coefficient (Wildman–Crippen LogP) is 4.27. The zero-order valence-corrected chi connectivity index (χ0v) is 11.5. The summed E-state index contributed by atoms with van der Waals surface area (Å²) in [4.78, 5) is 15.1. The maximum Gasteiger partial charge on any atom is 0.197 e. The molecule has 0 spiro atoms. The molecule has 1 aromatic heterocycles. The number of aromatic nitrogens is 1. The Morgan fingerprint density at radius 1 is 0.652 bits per heavy atom. The summed E-state index contributed by atoms with van der Waals surface area (Å²) in [7, 11) is 0. The zero-order valence-electron chi connectivity index (χ0n) is 11.5. The molecular weight excluding hydrogens is 310 g/mol. The monoisotopic (exact) mass is 319 g/mol. The summed E-state index contributed by atoms with van der Waals surface area (Å²) in [5.41, 5.74) is -1.61. The van der Waals surface area contributed by atoms with Crippen LogP contribution in [-0.4, -0.2) is 4.98 Å². The second kappa shape index (κ2) is 5.72. The molecular formula is C17H9F4NO. The highest BCUT2D eigenvalue weighted by Crippen LogP contribution is 2.25. The minimum Gasteiger partial charge on any atom is -0.366 e. The van der Waals surface area contributed by atoms with Crippen molar-refractivity contribution in [2.75, 3.05) is 0 Å². The first-order chi connectivity index (χ1) is 11.0. The summed E-state index contributed by atoms with van der Waals surface area (Å²) in [6.07, 6.45) is 2.36. The summed E-state index contributed by atoms with van der Waals surface area (Å²) in [6.45, 7) is 0. The Bertz CT molecular complexity index is 877. The van der Waals surface area contributed by atoms with Gasteiger partial charge in [-0.05, 0) is 12.1 Å². The molecule has 6 heteroatoms. The van der Waals surface area contributed by atoms with E-state index in [2.05, 4.69) is 4.98 Å². The summed E-state index contributed by atoms with van der Waals surface area (Å²) in [5, 5.41) is 0. The van der Waals surface area contributed by atoms with Crippen LogP contribution in [0.1, 0.15) is 0 Å². The molecule has 0 saturated carbocycles. The molecule has 0 bridgehead atoms. The van der Waals surface area contributed by atoms with Gasteiger partial charge >= 0.3 is 0 Å². The molecule has 3 rings (SSSR count).